The fraction of sp³-hybridized carbons (Fsp3) is 0.357. The zero-order valence-corrected chi connectivity index (χ0v) is 12.5. The van der Waals surface area contributed by atoms with E-state index in [9.17, 15) is 0 Å². The van der Waals surface area contributed by atoms with E-state index in [4.69, 9.17) is 0 Å². The third-order valence-electron chi connectivity index (χ3n) is 3.27. The molecule has 0 aliphatic carbocycles. The van der Waals surface area contributed by atoms with Crippen LogP contribution in [-0.4, -0.2) is 30.6 Å². The summed E-state index contributed by atoms with van der Waals surface area (Å²) >= 11 is 0. The fourth-order valence-electron chi connectivity index (χ4n) is 2.34. The molecule has 0 unspecified atom stereocenters. The monoisotopic (exact) mass is 322 g/mol. The molecule has 1 aliphatic heterocycles. The topological polar surface area (TPSA) is 52.2 Å². The molecule has 0 radical (unpaired) electrons. The van der Waals surface area contributed by atoms with Gasteiger partial charge in [-0.1, -0.05) is 12.1 Å². The van der Waals surface area contributed by atoms with E-state index < -0.39 is 0 Å². The Bertz CT molecular complexity index is 561. The second-order valence-corrected chi connectivity index (χ2v) is 4.54. The molecule has 4 nitrogen and oxygen atoms in total. The van der Waals surface area contributed by atoms with Crippen LogP contribution in [0, 0.1) is 0 Å². The molecule has 0 saturated carbocycles. The van der Waals surface area contributed by atoms with Crippen molar-refractivity contribution in [3.63, 3.8) is 0 Å². The molecule has 2 aromatic rings. The number of rotatable bonds is 3. The summed E-state index contributed by atoms with van der Waals surface area (Å²) in [5.41, 5.74) is 2.58. The lowest BCUT2D eigenvalue weighted by Gasteiger charge is -2.16. The molecule has 0 amide bonds. The van der Waals surface area contributed by atoms with Gasteiger partial charge in [-0.05, 0) is 30.5 Å². The quantitative estimate of drug-likeness (QED) is 0.811. The van der Waals surface area contributed by atoms with Crippen molar-refractivity contribution in [3.8, 4) is 0 Å². The molecule has 0 saturated heterocycles. The number of aromatic nitrogens is 1. The summed E-state index contributed by atoms with van der Waals surface area (Å²) in [6, 6.07) is 8.54. The van der Waals surface area contributed by atoms with E-state index in [1.165, 1.54) is 16.5 Å². The highest BCUT2D eigenvalue weighted by molar-refractivity contribution is 8.93. The fourth-order valence-corrected chi connectivity index (χ4v) is 2.34. The summed E-state index contributed by atoms with van der Waals surface area (Å²) in [5.74, 6) is 0.947. The number of halogens is 1. The predicted molar refractivity (Wildman–Crippen MR) is 85.2 cm³/mol. The van der Waals surface area contributed by atoms with Gasteiger partial charge in [0.1, 0.15) is 0 Å². The lowest BCUT2D eigenvalue weighted by atomic mass is 10.1. The van der Waals surface area contributed by atoms with Crippen molar-refractivity contribution < 1.29 is 0 Å². The highest BCUT2D eigenvalue weighted by atomic mass is 79.9. The van der Waals surface area contributed by atoms with Gasteiger partial charge >= 0.3 is 0 Å². The maximum absolute atomic E-state index is 4.40. The molecular weight excluding hydrogens is 304 g/mol. The summed E-state index contributed by atoms with van der Waals surface area (Å²) in [6.07, 6.45) is 4.14. The van der Waals surface area contributed by atoms with E-state index >= 15 is 0 Å². The lowest BCUT2D eigenvalue weighted by molar-refractivity contribution is 0.700. The van der Waals surface area contributed by atoms with E-state index in [2.05, 4.69) is 44.9 Å². The van der Waals surface area contributed by atoms with Crippen molar-refractivity contribution >= 4 is 33.8 Å². The van der Waals surface area contributed by atoms with Crippen LogP contribution < -0.4 is 10.6 Å². The zero-order valence-electron chi connectivity index (χ0n) is 10.8. The average molecular weight is 323 g/mol. The summed E-state index contributed by atoms with van der Waals surface area (Å²) in [5, 5.41) is 7.94. The number of H-pyrrole nitrogens is 1. The molecule has 3 rings (SSSR count). The smallest absolute Gasteiger partial charge is 0.191 e. The molecule has 0 spiro atoms. The van der Waals surface area contributed by atoms with Crippen LogP contribution in [-0.2, 0) is 6.42 Å². The van der Waals surface area contributed by atoms with Crippen LogP contribution in [0.2, 0.25) is 0 Å². The number of aromatic amines is 1. The Kier molecular flexibility index (Phi) is 4.85. The maximum atomic E-state index is 4.40. The van der Waals surface area contributed by atoms with Crippen molar-refractivity contribution in [1.29, 1.82) is 0 Å². The second kappa shape index (κ2) is 6.61. The predicted octanol–water partition coefficient (Wildman–Crippen LogP) is 2.23. The van der Waals surface area contributed by atoms with Gasteiger partial charge in [0.15, 0.2) is 5.96 Å². The molecule has 1 aromatic carbocycles. The Labute approximate surface area is 123 Å². The number of fused-ring (bicyclic) bond motifs is 1. The van der Waals surface area contributed by atoms with Crippen LogP contribution in [0.4, 0.5) is 0 Å². The summed E-state index contributed by atoms with van der Waals surface area (Å²) in [6.45, 7) is 2.87. The number of benzene rings is 1. The molecule has 19 heavy (non-hydrogen) atoms. The Balaban J connectivity index is 0.00000133. The number of hydrogen-bond acceptors (Lipinski definition) is 3. The van der Waals surface area contributed by atoms with E-state index in [-0.39, 0.29) is 17.0 Å². The molecule has 0 bridgehead atoms. The van der Waals surface area contributed by atoms with Crippen LogP contribution in [0.15, 0.2) is 35.5 Å². The zero-order chi connectivity index (χ0) is 12.2. The van der Waals surface area contributed by atoms with Gasteiger partial charge in [-0.25, -0.2) is 0 Å². The molecule has 1 aromatic heterocycles. The number of nitrogens with one attached hydrogen (secondary N) is 3. The van der Waals surface area contributed by atoms with Crippen molar-refractivity contribution in [1.82, 2.24) is 15.6 Å². The Hall–Kier alpha value is -1.49. The normalized spacial score (nSPS) is 14.4. The molecule has 2 heterocycles. The maximum Gasteiger partial charge on any atom is 0.191 e. The second-order valence-electron chi connectivity index (χ2n) is 4.54. The first-order valence-corrected chi connectivity index (χ1v) is 6.51. The Morgan fingerprint density at radius 2 is 2.21 bits per heavy atom. The Morgan fingerprint density at radius 3 is 3.05 bits per heavy atom. The number of aliphatic imine (C=N–C) groups is 1. The first kappa shape index (κ1) is 13.9. The van der Waals surface area contributed by atoms with Crippen LogP contribution >= 0.6 is 17.0 Å². The summed E-state index contributed by atoms with van der Waals surface area (Å²) < 4.78 is 0. The third-order valence-corrected chi connectivity index (χ3v) is 3.27. The van der Waals surface area contributed by atoms with E-state index in [1.807, 2.05) is 6.20 Å². The van der Waals surface area contributed by atoms with E-state index in [0.29, 0.717) is 0 Å². The molecule has 1 aliphatic rings. The van der Waals surface area contributed by atoms with Gasteiger partial charge in [0.25, 0.3) is 0 Å². The van der Waals surface area contributed by atoms with Gasteiger partial charge in [0.05, 0.1) is 0 Å². The number of guanidine groups is 1. The largest absolute Gasteiger partial charge is 0.361 e. The van der Waals surface area contributed by atoms with Gasteiger partial charge in [-0.2, -0.15) is 0 Å². The van der Waals surface area contributed by atoms with Gasteiger partial charge in [-0.3, -0.25) is 4.99 Å². The number of nitrogens with zero attached hydrogens (tertiary/aromatic N) is 1. The van der Waals surface area contributed by atoms with Gasteiger partial charge in [-0.15, -0.1) is 17.0 Å². The van der Waals surface area contributed by atoms with Gasteiger partial charge in [0, 0.05) is 36.7 Å². The van der Waals surface area contributed by atoms with Crippen molar-refractivity contribution in [3.05, 3.63) is 36.0 Å². The molecule has 0 fully saturated rings. The minimum atomic E-state index is 0. The molecular formula is C14H19BrN4. The minimum Gasteiger partial charge on any atom is -0.361 e. The lowest BCUT2D eigenvalue weighted by Crippen LogP contribution is -2.41. The van der Waals surface area contributed by atoms with Gasteiger partial charge in [0.2, 0.25) is 0 Å². The molecule has 102 valence electrons. The highest BCUT2D eigenvalue weighted by Gasteiger charge is 2.04. The van der Waals surface area contributed by atoms with Crippen LogP contribution in [0.25, 0.3) is 10.9 Å². The van der Waals surface area contributed by atoms with E-state index in [0.717, 1.165) is 38.4 Å². The highest BCUT2D eigenvalue weighted by Crippen LogP contribution is 2.17. The van der Waals surface area contributed by atoms with Crippen molar-refractivity contribution in [2.75, 3.05) is 19.6 Å². The SMILES string of the molecule is Br.c1cc(CCNC2=NCCCN2)c2cc[nH]c2c1. The van der Waals surface area contributed by atoms with E-state index in [1.54, 1.807) is 0 Å². The van der Waals surface area contributed by atoms with Crippen molar-refractivity contribution in [2.45, 2.75) is 12.8 Å². The van der Waals surface area contributed by atoms with Crippen LogP contribution in [0.1, 0.15) is 12.0 Å². The first-order chi connectivity index (χ1) is 8.93. The first-order valence-electron chi connectivity index (χ1n) is 6.51. The molecule has 3 N–H and O–H groups in total. The van der Waals surface area contributed by atoms with Crippen molar-refractivity contribution in [2.24, 2.45) is 4.99 Å². The van der Waals surface area contributed by atoms with Crippen LogP contribution in [0.3, 0.4) is 0 Å². The molecule has 0 atom stereocenters. The average Bonchev–Trinajstić information content (AvgIpc) is 2.89. The molecule has 5 heteroatoms. The van der Waals surface area contributed by atoms with Gasteiger partial charge < -0.3 is 15.6 Å². The number of hydrogen-bond donors (Lipinski definition) is 3. The third kappa shape index (κ3) is 3.29. The van der Waals surface area contributed by atoms with Crippen LogP contribution in [0.5, 0.6) is 0 Å². The minimum absolute atomic E-state index is 0. The standard InChI is InChI=1S/C14H18N4.BrH/c1-3-11(12-6-10-15-13(12)4-1)5-9-18-14-16-7-2-8-17-14;/h1,3-4,6,10,15H,2,5,7-9H2,(H2,16,17,18);1H. The Morgan fingerprint density at radius 1 is 1.26 bits per heavy atom. The summed E-state index contributed by atoms with van der Waals surface area (Å²) in [4.78, 5) is 7.64. The summed E-state index contributed by atoms with van der Waals surface area (Å²) in [7, 11) is 0.